The van der Waals surface area contributed by atoms with Crippen LogP contribution in [0.15, 0.2) is 0 Å². The van der Waals surface area contributed by atoms with Gasteiger partial charge in [-0.25, -0.2) is 0 Å². The third kappa shape index (κ3) is 3.95. The van der Waals surface area contributed by atoms with Crippen molar-refractivity contribution in [1.82, 2.24) is 9.80 Å². The summed E-state index contributed by atoms with van der Waals surface area (Å²) >= 11 is 0. The van der Waals surface area contributed by atoms with Gasteiger partial charge in [-0.2, -0.15) is 0 Å². The summed E-state index contributed by atoms with van der Waals surface area (Å²) in [7, 11) is 0. The molecule has 2 saturated heterocycles. The summed E-state index contributed by atoms with van der Waals surface area (Å²) in [6.07, 6.45) is 7.37. The molecule has 3 unspecified atom stereocenters. The maximum absolute atomic E-state index is 12.7. The SMILES string of the molecule is CC(N)C1CCCN(C(=O)C(C)N2CCCCCC2)C1. The Balaban J connectivity index is 1.91. The molecule has 0 aromatic rings. The molecule has 4 heteroatoms. The van der Waals surface area contributed by atoms with E-state index in [1.807, 2.05) is 0 Å². The van der Waals surface area contributed by atoms with Gasteiger partial charge in [-0.1, -0.05) is 12.8 Å². The van der Waals surface area contributed by atoms with Crippen LogP contribution in [0.4, 0.5) is 0 Å². The van der Waals surface area contributed by atoms with E-state index in [0.717, 1.165) is 32.6 Å². The molecule has 2 N–H and O–H groups in total. The minimum atomic E-state index is 0.0416. The van der Waals surface area contributed by atoms with Crippen LogP contribution in [-0.4, -0.2) is 54.0 Å². The molecule has 2 fully saturated rings. The Morgan fingerprint density at radius 3 is 2.30 bits per heavy atom. The van der Waals surface area contributed by atoms with E-state index < -0.39 is 0 Å². The lowest BCUT2D eigenvalue weighted by Gasteiger charge is -2.38. The first-order chi connectivity index (χ1) is 9.59. The number of piperidine rings is 1. The van der Waals surface area contributed by atoms with Crippen LogP contribution in [0.3, 0.4) is 0 Å². The van der Waals surface area contributed by atoms with Crippen molar-refractivity contribution in [2.45, 2.75) is 64.5 Å². The maximum Gasteiger partial charge on any atom is 0.239 e. The molecule has 0 bridgehead atoms. The summed E-state index contributed by atoms with van der Waals surface area (Å²) < 4.78 is 0. The Labute approximate surface area is 123 Å². The summed E-state index contributed by atoms with van der Waals surface area (Å²) in [5.74, 6) is 0.793. The van der Waals surface area contributed by atoms with Gasteiger partial charge >= 0.3 is 0 Å². The van der Waals surface area contributed by atoms with Crippen molar-refractivity contribution in [2.24, 2.45) is 11.7 Å². The molecule has 0 aromatic heterocycles. The largest absolute Gasteiger partial charge is 0.341 e. The standard InChI is InChI=1S/C16H31N3O/c1-13(17)15-8-7-11-19(12-15)16(20)14(2)18-9-5-3-4-6-10-18/h13-15H,3-12,17H2,1-2H3. The maximum atomic E-state index is 12.7. The van der Waals surface area contributed by atoms with Crippen LogP contribution in [0.25, 0.3) is 0 Å². The van der Waals surface area contributed by atoms with Gasteiger partial charge in [0, 0.05) is 19.1 Å². The summed E-state index contributed by atoms with van der Waals surface area (Å²) in [5, 5.41) is 0. The van der Waals surface area contributed by atoms with Gasteiger partial charge < -0.3 is 10.6 Å². The fraction of sp³-hybridized carbons (Fsp3) is 0.938. The van der Waals surface area contributed by atoms with Crippen LogP contribution in [0.1, 0.15) is 52.4 Å². The second kappa shape index (κ2) is 7.41. The highest BCUT2D eigenvalue weighted by molar-refractivity contribution is 5.81. The molecule has 2 aliphatic rings. The van der Waals surface area contributed by atoms with Gasteiger partial charge in [0.05, 0.1) is 6.04 Å². The summed E-state index contributed by atoms with van der Waals surface area (Å²) in [6.45, 7) is 8.09. The lowest BCUT2D eigenvalue weighted by molar-refractivity contribution is -0.138. The van der Waals surface area contributed by atoms with Crippen molar-refractivity contribution in [3.05, 3.63) is 0 Å². The van der Waals surface area contributed by atoms with Crippen molar-refractivity contribution in [3.63, 3.8) is 0 Å². The molecule has 1 amide bonds. The fourth-order valence-corrected chi connectivity index (χ4v) is 3.54. The van der Waals surface area contributed by atoms with E-state index in [4.69, 9.17) is 5.73 Å². The third-order valence-corrected chi connectivity index (χ3v) is 5.06. The second-order valence-corrected chi connectivity index (χ2v) is 6.67. The first kappa shape index (κ1) is 15.8. The zero-order valence-electron chi connectivity index (χ0n) is 13.2. The topological polar surface area (TPSA) is 49.6 Å². The number of nitrogens with zero attached hydrogens (tertiary/aromatic N) is 2. The molecule has 4 nitrogen and oxygen atoms in total. The number of hydrogen-bond donors (Lipinski definition) is 1. The Kier molecular flexibility index (Phi) is 5.85. The van der Waals surface area contributed by atoms with Gasteiger partial charge in [0.2, 0.25) is 5.91 Å². The van der Waals surface area contributed by atoms with Gasteiger partial charge in [-0.05, 0) is 58.5 Å². The van der Waals surface area contributed by atoms with Crippen molar-refractivity contribution >= 4 is 5.91 Å². The Hall–Kier alpha value is -0.610. The number of nitrogens with two attached hydrogens (primary N) is 1. The third-order valence-electron chi connectivity index (χ3n) is 5.06. The van der Waals surface area contributed by atoms with E-state index in [1.165, 1.54) is 32.1 Å². The van der Waals surface area contributed by atoms with Crippen LogP contribution < -0.4 is 5.73 Å². The molecule has 20 heavy (non-hydrogen) atoms. The lowest BCUT2D eigenvalue weighted by Crippen LogP contribution is -2.52. The second-order valence-electron chi connectivity index (χ2n) is 6.67. The van der Waals surface area contributed by atoms with E-state index >= 15 is 0 Å². The van der Waals surface area contributed by atoms with E-state index in [2.05, 4.69) is 23.6 Å². The molecular weight excluding hydrogens is 250 g/mol. The first-order valence-electron chi connectivity index (χ1n) is 8.38. The molecule has 3 atom stereocenters. The normalized spacial score (nSPS) is 28.8. The smallest absolute Gasteiger partial charge is 0.239 e. The Morgan fingerprint density at radius 2 is 1.70 bits per heavy atom. The van der Waals surface area contributed by atoms with Gasteiger partial charge in [0.25, 0.3) is 0 Å². The molecule has 0 aromatic carbocycles. The number of amides is 1. The fourth-order valence-electron chi connectivity index (χ4n) is 3.54. The van der Waals surface area contributed by atoms with Gasteiger partial charge in [0.15, 0.2) is 0 Å². The number of likely N-dealkylation sites (tertiary alicyclic amines) is 2. The van der Waals surface area contributed by atoms with Crippen LogP contribution >= 0.6 is 0 Å². The Bertz CT molecular complexity index is 307. The quantitative estimate of drug-likeness (QED) is 0.858. The van der Waals surface area contributed by atoms with Crippen molar-refractivity contribution in [1.29, 1.82) is 0 Å². The van der Waals surface area contributed by atoms with Gasteiger partial charge in [-0.15, -0.1) is 0 Å². The highest BCUT2D eigenvalue weighted by Gasteiger charge is 2.30. The van der Waals surface area contributed by atoms with Crippen molar-refractivity contribution in [2.75, 3.05) is 26.2 Å². The minimum Gasteiger partial charge on any atom is -0.341 e. The van der Waals surface area contributed by atoms with Crippen molar-refractivity contribution in [3.8, 4) is 0 Å². The predicted molar refractivity (Wildman–Crippen MR) is 82.5 cm³/mol. The van der Waals surface area contributed by atoms with Crippen LogP contribution in [0, 0.1) is 5.92 Å². The highest BCUT2D eigenvalue weighted by Crippen LogP contribution is 2.21. The number of hydrogen-bond acceptors (Lipinski definition) is 3. The molecule has 0 aliphatic carbocycles. The molecule has 2 rings (SSSR count). The van der Waals surface area contributed by atoms with Gasteiger partial charge in [0.1, 0.15) is 0 Å². The first-order valence-corrected chi connectivity index (χ1v) is 8.38. The monoisotopic (exact) mass is 281 g/mol. The Morgan fingerprint density at radius 1 is 1.05 bits per heavy atom. The lowest BCUT2D eigenvalue weighted by atomic mass is 9.92. The van der Waals surface area contributed by atoms with Crippen LogP contribution in [0.2, 0.25) is 0 Å². The van der Waals surface area contributed by atoms with Crippen LogP contribution in [0.5, 0.6) is 0 Å². The summed E-state index contributed by atoms with van der Waals surface area (Å²) in [6, 6.07) is 0.235. The van der Waals surface area contributed by atoms with E-state index in [-0.39, 0.29) is 12.1 Å². The predicted octanol–water partition coefficient (Wildman–Crippen LogP) is 1.84. The molecule has 0 spiro atoms. The molecule has 0 radical (unpaired) electrons. The zero-order chi connectivity index (χ0) is 14.5. The van der Waals surface area contributed by atoms with E-state index in [9.17, 15) is 4.79 Å². The average Bonchev–Trinajstić information content (AvgIpc) is 2.75. The average molecular weight is 281 g/mol. The number of carbonyl (C=O) groups is 1. The van der Waals surface area contributed by atoms with E-state index in [1.54, 1.807) is 0 Å². The molecular formula is C16H31N3O. The summed E-state index contributed by atoms with van der Waals surface area (Å²) in [4.78, 5) is 17.2. The molecule has 2 heterocycles. The van der Waals surface area contributed by atoms with Crippen LogP contribution in [-0.2, 0) is 4.79 Å². The molecule has 116 valence electrons. The van der Waals surface area contributed by atoms with E-state index in [0.29, 0.717) is 11.8 Å². The number of carbonyl (C=O) groups excluding carboxylic acids is 1. The minimum absolute atomic E-state index is 0.0416. The molecule has 2 aliphatic heterocycles. The zero-order valence-corrected chi connectivity index (χ0v) is 13.2. The van der Waals surface area contributed by atoms with Gasteiger partial charge in [-0.3, -0.25) is 9.69 Å². The number of rotatable bonds is 3. The molecule has 0 saturated carbocycles. The van der Waals surface area contributed by atoms with Crippen molar-refractivity contribution < 1.29 is 4.79 Å². The summed E-state index contributed by atoms with van der Waals surface area (Å²) in [5.41, 5.74) is 6.02. The highest BCUT2D eigenvalue weighted by atomic mass is 16.2.